The van der Waals surface area contributed by atoms with Crippen LogP contribution in [0.2, 0.25) is 0 Å². The zero-order valence-electron chi connectivity index (χ0n) is 11.6. The number of aromatic nitrogens is 1. The first kappa shape index (κ1) is 15.2. The van der Waals surface area contributed by atoms with Crippen molar-refractivity contribution in [2.45, 2.75) is 25.9 Å². The topological polar surface area (TPSA) is 30.0 Å². The summed E-state index contributed by atoms with van der Waals surface area (Å²) in [5.41, 5.74) is -0.149. The SMILES string of the molecule is CC(C)c1ccc(C(=O)c2cnccc2C(F)(F)F)cc1. The first-order chi connectivity index (χ1) is 9.80. The van der Waals surface area contributed by atoms with E-state index in [-0.39, 0.29) is 5.56 Å². The number of ketones is 1. The lowest BCUT2D eigenvalue weighted by Crippen LogP contribution is -2.14. The van der Waals surface area contributed by atoms with Gasteiger partial charge < -0.3 is 0 Å². The molecule has 0 fully saturated rings. The fourth-order valence-electron chi connectivity index (χ4n) is 2.00. The highest BCUT2D eigenvalue weighted by Gasteiger charge is 2.35. The van der Waals surface area contributed by atoms with Crippen LogP contribution in [0.3, 0.4) is 0 Å². The smallest absolute Gasteiger partial charge is 0.289 e. The molecule has 1 aromatic carbocycles. The number of carbonyl (C=O) groups is 1. The molecule has 0 atom stereocenters. The summed E-state index contributed by atoms with van der Waals surface area (Å²) < 4.78 is 38.7. The highest BCUT2D eigenvalue weighted by atomic mass is 19.4. The molecule has 0 spiro atoms. The quantitative estimate of drug-likeness (QED) is 0.782. The van der Waals surface area contributed by atoms with Crippen LogP contribution in [0.1, 0.15) is 46.8 Å². The van der Waals surface area contributed by atoms with Crippen molar-refractivity contribution in [2.24, 2.45) is 0 Å². The summed E-state index contributed by atoms with van der Waals surface area (Å²) >= 11 is 0. The molecule has 0 unspecified atom stereocenters. The standard InChI is InChI=1S/C16H14F3NO/c1-10(2)11-3-5-12(6-4-11)15(21)13-9-20-8-7-14(13)16(17,18)19/h3-10H,1-2H3. The minimum absolute atomic E-state index is 0.220. The van der Waals surface area contributed by atoms with Crippen LogP contribution in [0.15, 0.2) is 42.7 Å². The van der Waals surface area contributed by atoms with Crippen molar-refractivity contribution < 1.29 is 18.0 Å². The van der Waals surface area contributed by atoms with E-state index >= 15 is 0 Å². The molecule has 21 heavy (non-hydrogen) atoms. The summed E-state index contributed by atoms with van der Waals surface area (Å²) in [6.45, 7) is 4.00. The number of rotatable bonds is 3. The van der Waals surface area contributed by atoms with Crippen molar-refractivity contribution in [3.8, 4) is 0 Å². The molecular formula is C16H14F3NO. The van der Waals surface area contributed by atoms with Gasteiger partial charge >= 0.3 is 6.18 Å². The first-order valence-electron chi connectivity index (χ1n) is 6.46. The summed E-state index contributed by atoms with van der Waals surface area (Å²) in [7, 11) is 0. The predicted octanol–water partition coefficient (Wildman–Crippen LogP) is 4.45. The lowest BCUT2D eigenvalue weighted by atomic mass is 9.96. The number of benzene rings is 1. The van der Waals surface area contributed by atoms with Crippen molar-refractivity contribution in [3.05, 3.63) is 65.0 Å². The number of halogens is 3. The van der Waals surface area contributed by atoms with Crippen molar-refractivity contribution in [2.75, 3.05) is 0 Å². The molecule has 0 N–H and O–H groups in total. The molecule has 0 aliphatic rings. The van der Waals surface area contributed by atoms with Crippen LogP contribution < -0.4 is 0 Å². The van der Waals surface area contributed by atoms with Gasteiger partial charge in [-0.2, -0.15) is 13.2 Å². The van der Waals surface area contributed by atoms with Gasteiger partial charge in [-0.1, -0.05) is 38.1 Å². The first-order valence-corrected chi connectivity index (χ1v) is 6.46. The largest absolute Gasteiger partial charge is 0.417 e. The Bertz CT molecular complexity index is 645. The van der Waals surface area contributed by atoms with Crippen molar-refractivity contribution in [3.63, 3.8) is 0 Å². The third-order valence-corrected chi connectivity index (χ3v) is 3.21. The molecule has 110 valence electrons. The van der Waals surface area contributed by atoms with Gasteiger partial charge in [-0.05, 0) is 17.5 Å². The monoisotopic (exact) mass is 293 g/mol. The van der Waals surface area contributed by atoms with E-state index in [9.17, 15) is 18.0 Å². The van der Waals surface area contributed by atoms with Gasteiger partial charge in [0.05, 0.1) is 11.1 Å². The Hall–Kier alpha value is -2.17. The second kappa shape index (κ2) is 5.68. The lowest BCUT2D eigenvalue weighted by molar-refractivity contribution is -0.137. The third kappa shape index (κ3) is 3.29. The Balaban J connectivity index is 2.41. The maximum absolute atomic E-state index is 12.9. The number of carbonyl (C=O) groups excluding carboxylic acids is 1. The predicted molar refractivity (Wildman–Crippen MR) is 73.2 cm³/mol. The van der Waals surface area contributed by atoms with Gasteiger partial charge in [-0.15, -0.1) is 0 Å². The third-order valence-electron chi connectivity index (χ3n) is 3.21. The summed E-state index contributed by atoms with van der Waals surface area (Å²) in [5.74, 6) is -0.385. The number of hydrogen-bond acceptors (Lipinski definition) is 2. The maximum Gasteiger partial charge on any atom is 0.417 e. The molecule has 5 heteroatoms. The Morgan fingerprint density at radius 1 is 1.10 bits per heavy atom. The van der Waals surface area contributed by atoms with Crippen LogP contribution >= 0.6 is 0 Å². The molecule has 0 radical (unpaired) electrons. The lowest BCUT2D eigenvalue weighted by Gasteiger charge is -2.12. The Labute approximate surface area is 120 Å². The Morgan fingerprint density at radius 3 is 2.24 bits per heavy atom. The van der Waals surface area contributed by atoms with Gasteiger partial charge in [0.1, 0.15) is 0 Å². The second-order valence-electron chi connectivity index (χ2n) is 5.02. The average molecular weight is 293 g/mol. The molecule has 2 rings (SSSR count). The number of pyridine rings is 1. The highest BCUT2D eigenvalue weighted by Crippen LogP contribution is 2.32. The number of nitrogens with zero attached hydrogens (tertiary/aromatic N) is 1. The number of alkyl halides is 3. The molecule has 0 saturated carbocycles. The van der Waals surface area contributed by atoms with Crippen molar-refractivity contribution >= 4 is 5.78 Å². The molecule has 0 bridgehead atoms. The minimum Gasteiger partial charge on any atom is -0.289 e. The molecular weight excluding hydrogens is 279 g/mol. The van der Waals surface area contributed by atoms with E-state index in [2.05, 4.69) is 4.98 Å². The molecule has 2 nitrogen and oxygen atoms in total. The molecule has 2 aromatic rings. The molecule has 0 amide bonds. The van der Waals surface area contributed by atoms with Gasteiger partial charge in [-0.25, -0.2) is 0 Å². The van der Waals surface area contributed by atoms with Crippen LogP contribution in [-0.2, 0) is 6.18 Å². The zero-order valence-corrected chi connectivity index (χ0v) is 11.6. The molecule has 0 aliphatic heterocycles. The van der Waals surface area contributed by atoms with E-state index in [1.807, 2.05) is 13.8 Å². The maximum atomic E-state index is 12.9. The van der Waals surface area contributed by atoms with Gasteiger partial charge in [-0.3, -0.25) is 9.78 Å². The van der Waals surface area contributed by atoms with Crippen molar-refractivity contribution in [1.82, 2.24) is 4.98 Å². The van der Waals surface area contributed by atoms with E-state index < -0.39 is 23.1 Å². The van der Waals surface area contributed by atoms with E-state index in [0.717, 1.165) is 24.0 Å². The van der Waals surface area contributed by atoms with Crippen LogP contribution in [0.5, 0.6) is 0 Å². The summed E-state index contributed by atoms with van der Waals surface area (Å²) in [6.07, 6.45) is -2.59. The normalized spacial score (nSPS) is 11.7. The zero-order chi connectivity index (χ0) is 15.6. The number of hydrogen-bond donors (Lipinski definition) is 0. The molecule has 0 saturated heterocycles. The second-order valence-corrected chi connectivity index (χ2v) is 5.02. The summed E-state index contributed by atoms with van der Waals surface area (Å²) in [5, 5.41) is 0. The fourth-order valence-corrected chi connectivity index (χ4v) is 2.00. The highest BCUT2D eigenvalue weighted by molar-refractivity contribution is 6.09. The van der Waals surface area contributed by atoms with E-state index in [1.165, 1.54) is 0 Å². The van der Waals surface area contributed by atoms with Crippen molar-refractivity contribution in [1.29, 1.82) is 0 Å². The molecule has 1 aromatic heterocycles. The Kier molecular flexibility index (Phi) is 4.11. The van der Waals surface area contributed by atoms with Gasteiger partial charge in [0, 0.05) is 18.0 Å². The van der Waals surface area contributed by atoms with Crippen LogP contribution in [-0.4, -0.2) is 10.8 Å². The summed E-state index contributed by atoms with van der Waals surface area (Å²) in [4.78, 5) is 15.9. The van der Waals surface area contributed by atoms with E-state index in [0.29, 0.717) is 5.92 Å². The van der Waals surface area contributed by atoms with E-state index in [4.69, 9.17) is 0 Å². The van der Waals surface area contributed by atoms with Gasteiger partial charge in [0.2, 0.25) is 0 Å². The average Bonchev–Trinajstić information content (AvgIpc) is 2.45. The van der Waals surface area contributed by atoms with Gasteiger partial charge in [0.25, 0.3) is 0 Å². The minimum atomic E-state index is -4.58. The van der Waals surface area contributed by atoms with Crippen LogP contribution in [0, 0.1) is 0 Å². The van der Waals surface area contributed by atoms with E-state index in [1.54, 1.807) is 24.3 Å². The molecule has 1 heterocycles. The van der Waals surface area contributed by atoms with Crippen LogP contribution in [0.4, 0.5) is 13.2 Å². The van der Waals surface area contributed by atoms with Crippen LogP contribution in [0.25, 0.3) is 0 Å². The Morgan fingerprint density at radius 2 is 1.71 bits per heavy atom. The summed E-state index contributed by atoms with van der Waals surface area (Å²) in [6, 6.07) is 7.41. The van der Waals surface area contributed by atoms with Gasteiger partial charge in [0.15, 0.2) is 5.78 Å². The molecule has 0 aliphatic carbocycles. The fraction of sp³-hybridized carbons (Fsp3) is 0.250.